The first-order chi connectivity index (χ1) is 24.3. The molecule has 4 aromatic carbocycles. The lowest BCUT2D eigenvalue weighted by molar-refractivity contribution is -0.140. The number of allylic oxidation sites excluding steroid dienone is 1. The van der Waals surface area contributed by atoms with Crippen LogP contribution in [0.25, 0.3) is 23.0 Å². The van der Waals surface area contributed by atoms with E-state index in [1.807, 2.05) is 122 Å². The van der Waals surface area contributed by atoms with E-state index in [1.54, 1.807) is 35.0 Å². The van der Waals surface area contributed by atoms with E-state index in [0.29, 0.717) is 32.0 Å². The van der Waals surface area contributed by atoms with E-state index in [1.165, 1.54) is 11.3 Å². The lowest BCUT2D eigenvalue weighted by Gasteiger charge is -2.25. The summed E-state index contributed by atoms with van der Waals surface area (Å²) in [7, 11) is 1.62. The Hall–Kier alpha value is -4.97. The summed E-state index contributed by atoms with van der Waals surface area (Å²) >= 11 is 6.51. The molecule has 6 aromatic rings. The van der Waals surface area contributed by atoms with Crippen LogP contribution in [0.4, 0.5) is 0 Å². The largest absolute Gasteiger partial charge is 0.496 e. The van der Waals surface area contributed by atoms with Crippen LogP contribution in [0, 0.1) is 0 Å². The minimum atomic E-state index is -0.725. The van der Waals surface area contributed by atoms with Crippen LogP contribution < -0.4 is 19.6 Å². The molecule has 8 nitrogen and oxygen atoms in total. The van der Waals surface area contributed by atoms with E-state index < -0.39 is 12.0 Å². The molecule has 50 heavy (non-hydrogen) atoms. The van der Waals surface area contributed by atoms with Gasteiger partial charge in [-0.2, -0.15) is 5.10 Å². The van der Waals surface area contributed by atoms with Crippen molar-refractivity contribution in [3.05, 3.63) is 161 Å². The third kappa shape index (κ3) is 6.64. The van der Waals surface area contributed by atoms with Crippen molar-refractivity contribution in [1.82, 2.24) is 14.3 Å². The Labute approximate surface area is 305 Å². The van der Waals surface area contributed by atoms with Crippen LogP contribution in [0.1, 0.15) is 29.7 Å². The molecule has 2 aromatic heterocycles. The van der Waals surface area contributed by atoms with Gasteiger partial charge in [0.1, 0.15) is 18.1 Å². The number of hydrogen-bond acceptors (Lipinski definition) is 8. The Balaban J connectivity index is 1.37. The van der Waals surface area contributed by atoms with Crippen molar-refractivity contribution in [2.24, 2.45) is 4.99 Å². The molecule has 0 amide bonds. The normalized spacial score (nSPS) is 14.3. The molecule has 0 N–H and O–H groups in total. The number of hydrogen-bond donors (Lipinski definition) is 0. The predicted octanol–water partition coefficient (Wildman–Crippen LogP) is 7.32. The zero-order valence-corrected chi connectivity index (χ0v) is 30.6. The van der Waals surface area contributed by atoms with Gasteiger partial charge in [0.05, 0.1) is 39.1 Å². The molecule has 1 aliphatic heterocycles. The van der Waals surface area contributed by atoms with Crippen molar-refractivity contribution in [2.75, 3.05) is 13.4 Å². The standard InChI is InChI=1S/C39H31BrN4O4S2/c1-24-34(38(46)48-23-25-10-6-4-7-11-25)36(26-14-17-30(49-3)18-15-26)44-37(45)33(50-39(44)41-24)21-28-22-43(29-12-8-5-9-13-29)42-35(28)27-16-19-32(47-2)31(40)20-27/h4-22,36H,23H2,1-3H3. The van der Waals surface area contributed by atoms with Crippen molar-refractivity contribution >= 4 is 51.1 Å². The van der Waals surface area contributed by atoms with Gasteiger partial charge < -0.3 is 9.47 Å². The van der Waals surface area contributed by atoms with Gasteiger partial charge in [-0.25, -0.2) is 14.5 Å². The minimum absolute atomic E-state index is 0.106. The highest BCUT2D eigenvalue weighted by molar-refractivity contribution is 9.10. The Morgan fingerprint density at radius 2 is 1.72 bits per heavy atom. The lowest BCUT2D eigenvalue weighted by Crippen LogP contribution is -2.39. The van der Waals surface area contributed by atoms with Crippen LogP contribution in [0.3, 0.4) is 0 Å². The molecule has 250 valence electrons. The van der Waals surface area contributed by atoms with Crippen LogP contribution in [0.2, 0.25) is 0 Å². The van der Waals surface area contributed by atoms with Gasteiger partial charge in [-0.1, -0.05) is 72.0 Å². The summed E-state index contributed by atoms with van der Waals surface area (Å²) in [5.74, 6) is 0.185. The SMILES string of the molecule is COc1ccc(-c2nn(-c3ccccc3)cc2C=c2sc3n(c2=O)C(c2ccc(SC)cc2)C(C(=O)OCc2ccccc2)=C(C)N=3)cc1Br. The molecule has 0 bridgehead atoms. The molecule has 0 fully saturated rings. The average molecular weight is 764 g/mol. The molecule has 7 rings (SSSR count). The maximum Gasteiger partial charge on any atom is 0.338 e. The molecule has 0 saturated carbocycles. The summed E-state index contributed by atoms with van der Waals surface area (Å²) in [6, 6.07) is 32.3. The van der Waals surface area contributed by atoms with Crippen LogP contribution in [0.5, 0.6) is 5.75 Å². The van der Waals surface area contributed by atoms with Crippen molar-refractivity contribution in [1.29, 1.82) is 0 Å². The average Bonchev–Trinajstić information content (AvgIpc) is 3.71. The number of benzene rings is 4. The second-order valence-corrected chi connectivity index (χ2v) is 14.2. The molecular weight excluding hydrogens is 732 g/mol. The van der Waals surface area contributed by atoms with E-state index in [4.69, 9.17) is 19.6 Å². The number of nitrogens with zero attached hydrogens (tertiary/aromatic N) is 4. The summed E-state index contributed by atoms with van der Waals surface area (Å²) in [5, 5.41) is 4.95. The Kier molecular flexibility index (Phi) is 9.71. The third-order valence-electron chi connectivity index (χ3n) is 8.36. The fourth-order valence-corrected chi connectivity index (χ4v) is 7.86. The molecule has 1 atom stereocenters. The van der Waals surface area contributed by atoms with Gasteiger partial charge in [0.25, 0.3) is 5.56 Å². The molecule has 0 aliphatic carbocycles. The Bertz CT molecular complexity index is 2420. The summed E-state index contributed by atoms with van der Waals surface area (Å²) in [4.78, 5) is 34.7. The van der Waals surface area contributed by atoms with Crippen LogP contribution >= 0.6 is 39.0 Å². The zero-order chi connectivity index (χ0) is 34.8. The third-order valence-corrected chi connectivity index (χ3v) is 10.7. The predicted molar refractivity (Wildman–Crippen MR) is 201 cm³/mol. The topological polar surface area (TPSA) is 87.7 Å². The smallest absolute Gasteiger partial charge is 0.338 e. The lowest BCUT2D eigenvalue weighted by atomic mass is 9.96. The number of aromatic nitrogens is 3. The second kappa shape index (κ2) is 14.5. The molecule has 0 spiro atoms. The van der Waals surface area contributed by atoms with Gasteiger partial charge in [0, 0.05) is 22.2 Å². The van der Waals surface area contributed by atoms with Crippen molar-refractivity contribution in [3.8, 4) is 22.7 Å². The number of carbonyl (C=O) groups excluding carboxylic acids is 1. The number of carbonyl (C=O) groups is 1. The first-order valence-corrected chi connectivity index (χ1v) is 18.5. The van der Waals surface area contributed by atoms with Crippen LogP contribution in [-0.2, 0) is 16.1 Å². The van der Waals surface area contributed by atoms with Crippen molar-refractivity contribution < 1.29 is 14.3 Å². The maximum absolute atomic E-state index is 14.5. The second-order valence-electron chi connectivity index (χ2n) is 11.5. The quantitative estimate of drug-likeness (QED) is 0.113. The zero-order valence-electron chi connectivity index (χ0n) is 27.4. The van der Waals surface area contributed by atoms with Crippen LogP contribution in [-0.4, -0.2) is 33.7 Å². The Morgan fingerprint density at radius 3 is 2.40 bits per heavy atom. The molecule has 11 heteroatoms. The van der Waals surface area contributed by atoms with E-state index in [9.17, 15) is 9.59 Å². The number of para-hydroxylation sites is 1. The first-order valence-electron chi connectivity index (χ1n) is 15.7. The highest BCUT2D eigenvalue weighted by Crippen LogP contribution is 2.34. The van der Waals surface area contributed by atoms with Gasteiger partial charge in [-0.3, -0.25) is 9.36 Å². The summed E-state index contributed by atoms with van der Waals surface area (Å²) in [6.45, 7) is 1.90. The molecule has 1 unspecified atom stereocenters. The molecule has 3 heterocycles. The number of ether oxygens (including phenoxy) is 2. The number of rotatable bonds is 9. The number of esters is 1. The highest BCUT2D eigenvalue weighted by atomic mass is 79.9. The van der Waals surface area contributed by atoms with Gasteiger partial charge in [-0.15, -0.1) is 11.8 Å². The van der Waals surface area contributed by atoms with Gasteiger partial charge in [0.2, 0.25) is 0 Å². The fraction of sp³-hybridized carbons (Fsp3) is 0.128. The summed E-state index contributed by atoms with van der Waals surface area (Å²) in [5.41, 5.74) is 5.40. The summed E-state index contributed by atoms with van der Waals surface area (Å²) < 4.78 is 15.9. The summed E-state index contributed by atoms with van der Waals surface area (Å²) in [6.07, 6.45) is 5.77. The van der Waals surface area contributed by atoms with E-state index in [0.717, 1.165) is 37.3 Å². The van der Waals surface area contributed by atoms with Gasteiger partial charge in [0.15, 0.2) is 4.80 Å². The molecule has 0 radical (unpaired) electrons. The Morgan fingerprint density at radius 1 is 1.00 bits per heavy atom. The fourth-order valence-electron chi connectivity index (χ4n) is 5.87. The maximum atomic E-state index is 14.5. The number of methoxy groups -OCH3 is 1. The van der Waals surface area contributed by atoms with E-state index in [2.05, 4.69) is 15.9 Å². The number of fused-ring (bicyclic) bond motifs is 1. The molecule has 1 aliphatic rings. The number of thioether (sulfide) groups is 1. The van der Waals surface area contributed by atoms with Crippen LogP contribution in [0.15, 0.2) is 140 Å². The molecule has 0 saturated heterocycles. The van der Waals surface area contributed by atoms with Gasteiger partial charge in [-0.05, 0) is 88.8 Å². The van der Waals surface area contributed by atoms with E-state index >= 15 is 0 Å². The van der Waals surface area contributed by atoms with Gasteiger partial charge >= 0.3 is 5.97 Å². The van der Waals surface area contributed by atoms with Crippen molar-refractivity contribution in [2.45, 2.75) is 24.5 Å². The van der Waals surface area contributed by atoms with E-state index in [-0.39, 0.29) is 12.2 Å². The highest BCUT2D eigenvalue weighted by Gasteiger charge is 2.33. The molecular formula is C39H31BrN4O4S2. The van der Waals surface area contributed by atoms with Crippen molar-refractivity contribution in [3.63, 3.8) is 0 Å². The number of halogens is 1. The first kappa shape index (κ1) is 33.5. The monoisotopic (exact) mass is 762 g/mol. The number of thiazole rings is 1. The minimum Gasteiger partial charge on any atom is -0.496 e.